The van der Waals surface area contributed by atoms with Gasteiger partial charge in [-0.3, -0.25) is 9.59 Å². The molecule has 0 radical (unpaired) electrons. The van der Waals surface area contributed by atoms with Gasteiger partial charge in [0.15, 0.2) is 0 Å². The molecule has 3 rings (SSSR count). The number of likely N-dealkylation sites (tertiary alicyclic amines) is 1. The highest BCUT2D eigenvalue weighted by molar-refractivity contribution is 7.89. The lowest BCUT2D eigenvalue weighted by molar-refractivity contribution is -0.139. The summed E-state index contributed by atoms with van der Waals surface area (Å²) in [7, 11) is -3.24. The first kappa shape index (κ1) is 14.8. The minimum Gasteiger partial charge on any atom is -0.481 e. The summed E-state index contributed by atoms with van der Waals surface area (Å²) in [6.45, 7) is 1.43. The fourth-order valence-electron chi connectivity index (χ4n) is 3.57. The average molecular weight is 316 g/mol. The van der Waals surface area contributed by atoms with E-state index in [0.717, 1.165) is 0 Å². The van der Waals surface area contributed by atoms with Crippen LogP contribution in [-0.4, -0.2) is 66.5 Å². The van der Waals surface area contributed by atoms with E-state index in [1.165, 1.54) is 4.31 Å². The van der Waals surface area contributed by atoms with Crippen LogP contribution in [0.2, 0.25) is 0 Å². The van der Waals surface area contributed by atoms with Crippen LogP contribution >= 0.6 is 0 Å². The molecule has 118 valence electrons. The van der Waals surface area contributed by atoms with Gasteiger partial charge in [0.25, 0.3) is 0 Å². The van der Waals surface area contributed by atoms with Gasteiger partial charge >= 0.3 is 5.97 Å². The Morgan fingerprint density at radius 1 is 1.19 bits per heavy atom. The summed E-state index contributed by atoms with van der Waals surface area (Å²) < 4.78 is 24.7. The number of hydrogen-bond donors (Lipinski definition) is 1. The summed E-state index contributed by atoms with van der Waals surface area (Å²) in [6, 6.07) is 0. The van der Waals surface area contributed by atoms with Gasteiger partial charge < -0.3 is 10.0 Å². The van der Waals surface area contributed by atoms with Gasteiger partial charge in [0, 0.05) is 19.6 Å². The van der Waals surface area contributed by atoms with Crippen molar-refractivity contribution < 1.29 is 23.1 Å². The lowest BCUT2D eigenvalue weighted by Gasteiger charge is -2.33. The molecular formula is C13H20N2O5S. The molecule has 1 unspecified atom stereocenters. The Hall–Kier alpha value is -1.15. The predicted molar refractivity (Wildman–Crippen MR) is 74.0 cm³/mol. The summed E-state index contributed by atoms with van der Waals surface area (Å²) in [5.41, 5.74) is -0.109. The van der Waals surface area contributed by atoms with Gasteiger partial charge in [-0.05, 0) is 31.1 Å². The van der Waals surface area contributed by atoms with E-state index in [-0.39, 0.29) is 29.5 Å². The van der Waals surface area contributed by atoms with Crippen LogP contribution in [-0.2, 0) is 19.6 Å². The summed E-state index contributed by atoms with van der Waals surface area (Å²) in [4.78, 5) is 24.9. The Bertz CT molecular complexity index is 565. The molecule has 1 amide bonds. The fourth-order valence-corrected chi connectivity index (χ4v) is 5.04. The number of hydrogen-bond acceptors (Lipinski definition) is 4. The fraction of sp³-hybridized carbons (Fsp3) is 0.846. The molecular weight excluding hydrogens is 296 g/mol. The van der Waals surface area contributed by atoms with E-state index in [1.807, 2.05) is 0 Å². The van der Waals surface area contributed by atoms with Gasteiger partial charge in [0.05, 0.1) is 18.2 Å². The van der Waals surface area contributed by atoms with Crippen LogP contribution in [0, 0.1) is 11.3 Å². The molecule has 1 aliphatic carbocycles. The highest BCUT2D eigenvalue weighted by atomic mass is 32.2. The largest absolute Gasteiger partial charge is 0.481 e. The number of nitrogens with zero attached hydrogens (tertiary/aromatic N) is 2. The second-order valence-electron chi connectivity index (χ2n) is 6.34. The Kier molecular flexibility index (Phi) is 3.48. The maximum atomic E-state index is 12.2. The third-order valence-corrected chi connectivity index (χ3v) is 7.02. The maximum absolute atomic E-state index is 12.2. The average Bonchev–Trinajstić information content (AvgIpc) is 3.02. The van der Waals surface area contributed by atoms with Crippen LogP contribution in [0.1, 0.15) is 25.7 Å². The molecule has 1 N–H and O–H groups in total. The first-order valence-electron chi connectivity index (χ1n) is 7.32. The number of sulfonamides is 1. The number of aliphatic carboxylic acids is 1. The SMILES string of the molecule is O=C(O)C1CC12CCN(C(=O)CN1CCCS1(=O)=O)CC2. The Morgan fingerprint density at radius 3 is 2.33 bits per heavy atom. The highest BCUT2D eigenvalue weighted by Gasteiger charge is 2.59. The maximum Gasteiger partial charge on any atom is 0.307 e. The van der Waals surface area contributed by atoms with Crippen molar-refractivity contribution in [3.63, 3.8) is 0 Å². The molecule has 0 aromatic carbocycles. The number of amides is 1. The van der Waals surface area contributed by atoms with Crippen molar-refractivity contribution in [2.75, 3.05) is 31.9 Å². The topological polar surface area (TPSA) is 95.0 Å². The predicted octanol–water partition coefficient (Wildman–Crippen LogP) is -0.265. The van der Waals surface area contributed by atoms with Gasteiger partial charge in [0.1, 0.15) is 0 Å². The van der Waals surface area contributed by atoms with Gasteiger partial charge in [-0.15, -0.1) is 0 Å². The van der Waals surface area contributed by atoms with E-state index in [9.17, 15) is 18.0 Å². The standard InChI is InChI=1S/C13H20N2O5S/c16-11(9-15-4-1-7-21(15,19)20)14-5-2-13(3-6-14)8-10(13)12(17)18/h10H,1-9H2,(H,17,18). The normalized spacial score (nSPS) is 30.5. The number of carbonyl (C=O) groups is 2. The van der Waals surface area contributed by atoms with Crippen molar-refractivity contribution in [1.82, 2.24) is 9.21 Å². The number of carbonyl (C=O) groups excluding carboxylic acids is 1. The van der Waals surface area contributed by atoms with Crippen molar-refractivity contribution in [3.05, 3.63) is 0 Å². The lowest BCUT2D eigenvalue weighted by Crippen LogP contribution is -2.45. The van der Waals surface area contributed by atoms with E-state index in [0.29, 0.717) is 45.3 Å². The molecule has 1 atom stereocenters. The van der Waals surface area contributed by atoms with Crippen LogP contribution in [0.25, 0.3) is 0 Å². The van der Waals surface area contributed by atoms with Crippen molar-refractivity contribution in [3.8, 4) is 0 Å². The third kappa shape index (κ3) is 2.66. The van der Waals surface area contributed by atoms with E-state index in [1.54, 1.807) is 4.90 Å². The number of piperidine rings is 1. The van der Waals surface area contributed by atoms with Gasteiger partial charge in [-0.25, -0.2) is 8.42 Å². The minimum absolute atomic E-state index is 0.0717. The molecule has 2 heterocycles. The number of carboxylic acids is 1. The van der Waals surface area contributed by atoms with E-state index in [2.05, 4.69) is 0 Å². The van der Waals surface area contributed by atoms with Crippen molar-refractivity contribution in [2.24, 2.45) is 11.3 Å². The molecule has 2 aliphatic heterocycles. The minimum atomic E-state index is -3.24. The molecule has 1 saturated carbocycles. The number of rotatable bonds is 3. The monoisotopic (exact) mass is 316 g/mol. The first-order valence-corrected chi connectivity index (χ1v) is 8.93. The highest BCUT2D eigenvalue weighted by Crippen LogP contribution is 2.59. The zero-order valence-corrected chi connectivity index (χ0v) is 12.6. The van der Waals surface area contributed by atoms with E-state index < -0.39 is 16.0 Å². The van der Waals surface area contributed by atoms with Crippen LogP contribution in [0.5, 0.6) is 0 Å². The molecule has 8 heteroatoms. The van der Waals surface area contributed by atoms with Gasteiger partial charge in [0.2, 0.25) is 15.9 Å². The molecule has 0 aromatic rings. The lowest BCUT2D eigenvalue weighted by atomic mass is 9.91. The molecule has 3 aliphatic rings. The molecule has 3 fully saturated rings. The van der Waals surface area contributed by atoms with Crippen LogP contribution in [0.4, 0.5) is 0 Å². The summed E-state index contributed by atoms with van der Waals surface area (Å²) >= 11 is 0. The third-order valence-electron chi connectivity index (χ3n) is 5.11. The zero-order valence-electron chi connectivity index (χ0n) is 11.8. The first-order chi connectivity index (χ1) is 9.84. The van der Waals surface area contributed by atoms with Crippen LogP contribution < -0.4 is 0 Å². The Morgan fingerprint density at radius 2 is 1.86 bits per heavy atom. The molecule has 0 aromatic heterocycles. The molecule has 7 nitrogen and oxygen atoms in total. The summed E-state index contributed by atoms with van der Waals surface area (Å²) in [5, 5.41) is 9.04. The zero-order chi connectivity index (χ0) is 15.3. The quantitative estimate of drug-likeness (QED) is 0.774. The number of carboxylic acid groups (broad SMARTS) is 1. The molecule has 2 saturated heterocycles. The molecule has 0 bridgehead atoms. The second-order valence-corrected chi connectivity index (χ2v) is 8.43. The summed E-state index contributed by atoms with van der Waals surface area (Å²) in [5.74, 6) is -1.03. The van der Waals surface area contributed by atoms with Gasteiger partial charge in [-0.1, -0.05) is 0 Å². The van der Waals surface area contributed by atoms with E-state index >= 15 is 0 Å². The Balaban J connectivity index is 1.53. The van der Waals surface area contributed by atoms with Crippen molar-refractivity contribution in [2.45, 2.75) is 25.7 Å². The van der Waals surface area contributed by atoms with Crippen LogP contribution in [0.15, 0.2) is 0 Å². The molecule has 21 heavy (non-hydrogen) atoms. The summed E-state index contributed by atoms with van der Waals surface area (Å²) in [6.07, 6.45) is 2.72. The second kappa shape index (κ2) is 4.95. The van der Waals surface area contributed by atoms with E-state index in [4.69, 9.17) is 5.11 Å². The van der Waals surface area contributed by atoms with Crippen molar-refractivity contribution >= 4 is 21.9 Å². The Labute approximate surface area is 123 Å². The van der Waals surface area contributed by atoms with Crippen LogP contribution in [0.3, 0.4) is 0 Å². The smallest absolute Gasteiger partial charge is 0.307 e. The van der Waals surface area contributed by atoms with Gasteiger partial charge in [-0.2, -0.15) is 4.31 Å². The van der Waals surface area contributed by atoms with Crippen molar-refractivity contribution in [1.29, 1.82) is 0 Å². The molecule has 1 spiro atoms.